The molecule has 3 aromatic carbocycles. The molecule has 184 valence electrons. The van der Waals surface area contributed by atoms with E-state index in [1.807, 2.05) is 53.1 Å². The van der Waals surface area contributed by atoms with Gasteiger partial charge in [-0.2, -0.15) is 0 Å². The predicted molar refractivity (Wildman–Crippen MR) is 137 cm³/mol. The van der Waals surface area contributed by atoms with Gasteiger partial charge in [-0.05, 0) is 41.8 Å². The monoisotopic (exact) mass is 484 g/mol. The summed E-state index contributed by atoms with van der Waals surface area (Å²) in [6.07, 6.45) is 2.31. The molecule has 7 heteroatoms. The number of carboxylic acids is 1. The fourth-order valence-corrected chi connectivity index (χ4v) is 4.12. The van der Waals surface area contributed by atoms with Crippen molar-refractivity contribution in [2.24, 2.45) is 0 Å². The zero-order chi connectivity index (χ0) is 25.5. The Kier molecular flexibility index (Phi) is 7.90. The molecule has 0 spiro atoms. The number of nitrogens with zero attached hydrogens (tertiary/aromatic N) is 2. The fourth-order valence-electron chi connectivity index (χ4n) is 4.12. The summed E-state index contributed by atoms with van der Waals surface area (Å²) in [6.45, 7) is 2.08. The Labute approximate surface area is 209 Å². The smallest absolute Gasteiger partial charge is 0.340 e. The van der Waals surface area contributed by atoms with Crippen LogP contribution in [0.4, 0.5) is 0 Å². The first-order valence-corrected chi connectivity index (χ1v) is 12.0. The van der Waals surface area contributed by atoms with Crippen LogP contribution in [0, 0.1) is 0 Å². The molecule has 0 aliphatic rings. The van der Waals surface area contributed by atoms with Gasteiger partial charge in [0.15, 0.2) is 12.5 Å². The first kappa shape index (κ1) is 24.9. The van der Waals surface area contributed by atoms with Crippen molar-refractivity contribution in [3.05, 3.63) is 89.7 Å². The van der Waals surface area contributed by atoms with Crippen molar-refractivity contribution >= 4 is 28.8 Å². The molecule has 0 unspecified atom stereocenters. The number of esters is 1. The van der Waals surface area contributed by atoms with Gasteiger partial charge in [-0.1, -0.05) is 61.9 Å². The SMILES string of the molecule is CCCCc1nc2cc(C(=O)CCC(=O)O)ccc2n1COC(=O)c1ccccc1-c1ccccc1. The zero-order valence-corrected chi connectivity index (χ0v) is 20.1. The van der Waals surface area contributed by atoms with Crippen molar-refractivity contribution in [1.29, 1.82) is 0 Å². The second kappa shape index (κ2) is 11.4. The van der Waals surface area contributed by atoms with Crippen LogP contribution in [0.15, 0.2) is 72.8 Å². The van der Waals surface area contributed by atoms with Crippen LogP contribution >= 0.6 is 0 Å². The van der Waals surface area contributed by atoms with E-state index in [4.69, 9.17) is 14.8 Å². The van der Waals surface area contributed by atoms with Gasteiger partial charge in [0.1, 0.15) is 5.82 Å². The van der Waals surface area contributed by atoms with Crippen LogP contribution in [0.5, 0.6) is 0 Å². The van der Waals surface area contributed by atoms with Crippen LogP contribution in [0.1, 0.15) is 59.1 Å². The lowest BCUT2D eigenvalue weighted by atomic mass is 10.00. The number of carbonyl (C=O) groups excluding carboxylic acids is 2. The first-order chi connectivity index (χ1) is 17.5. The molecule has 7 nitrogen and oxygen atoms in total. The van der Waals surface area contributed by atoms with Crippen LogP contribution < -0.4 is 0 Å². The van der Waals surface area contributed by atoms with E-state index in [9.17, 15) is 14.4 Å². The van der Waals surface area contributed by atoms with Gasteiger partial charge in [-0.3, -0.25) is 14.2 Å². The van der Waals surface area contributed by atoms with Crippen molar-refractivity contribution in [2.75, 3.05) is 0 Å². The molecule has 1 aromatic heterocycles. The van der Waals surface area contributed by atoms with Crippen LogP contribution in [-0.2, 0) is 22.7 Å². The van der Waals surface area contributed by atoms with Crippen molar-refractivity contribution in [3.63, 3.8) is 0 Å². The average molecular weight is 485 g/mol. The number of ketones is 1. The van der Waals surface area contributed by atoms with E-state index in [0.717, 1.165) is 35.3 Å². The molecular weight excluding hydrogens is 456 g/mol. The molecule has 4 aromatic rings. The van der Waals surface area contributed by atoms with E-state index in [0.29, 0.717) is 23.1 Å². The number of rotatable bonds is 11. The van der Waals surface area contributed by atoms with Gasteiger partial charge in [-0.25, -0.2) is 9.78 Å². The van der Waals surface area contributed by atoms with Crippen LogP contribution in [0.3, 0.4) is 0 Å². The van der Waals surface area contributed by atoms with Crippen LogP contribution in [-0.4, -0.2) is 32.4 Å². The minimum Gasteiger partial charge on any atom is -0.481 e. The van der Waals surface area contributed by atoms with Crippen LogP contribution in [0.25, 0.3) is 22.2 Å². The highest BCUT2D eigenvalue weighted by molar-refractivity contribution is 6.00. The first-order valence-electron chi connectivity index (χ1n) is 12.0. The standard InChI is InChI=1S/C29H28N2O5/c1-2-3-13-27-30-24-18-21(26(32)16-17-28(33)34)14-15-25(24)31(27)19-36-29(35)23-12-8-7-11-22(23)20-9-5-4-6-10-20/h4-12,14-15,18H,2-3,13,16-17,19H2,1H3,(H,33,34). The van der Waals surface area contributed by atoms with Gasteiger partial charge in [0.2, 0.25) is 0 Å². The minimum atomic E-state index is -1.01. The van der Waals surface area contributed by atoms with Crippen molar-refractivity contribution in [2.45, 2.75) is 45.8 Å². The summed E-state index contributed by atoms with van der Waals surface area (Å²) in [7, 11) is 0. The largest absolute Gasteiger partial charge is 0.481 e. The number of ether oxygens (including phenoxy) is 1. The normalized spacial score (nSPS) is 10.9. The second-order valence-electron chi connectivity index (χ2n) is 8.55. The summed E-state index contributed by atoms with van der Waals surface area (Å²) in [5.74, 6) is -0.913. The number of aromatic nitrogens is 2. The van der Waals surface area contributed by atoms with Gasteiger partial charge in [-0.15, -0.1) is 0 Å². The van der Waals surface area contributed by atoms with Crippen LogP contribution in [0.2, 0.25) is 0 Å². The van der Waals surface area contributed by atoms with E-state index in [1.54, 1.807) is 24.3 Å². The molecule has 0 radical (unpaired) electrons. The number of Topliss-reactive ketones (excluding diaryl/α,β-unsaturated/α-hetero) is 1. The Balaban J connectivity index is 1.59. The van der Waals surface area contributed by atoms with Crippen molar-refractivity contribution < 1.29 is 24.2 Å². The highest BCUT2D eigenvalue weighted by Crippen LogP contribution is 2.25. The Morgan fingerprint density at radius 1 is 0.944 bits per heavy atom. The Hall–Kier alpha value is -4.26. The molecule has 0 fully saturated rings. The second-order valence-corrected chi connectivity index (χ2v) is 8.55. The molecule has 0 bridgehead atoms. The maximum absolute atomic E-state index is 13.1. The number of carboxylic acid groups (broad SMARTS) is 1. The van der Waals surface area contributed by atoms with Gasteiger partial charge in [0.25, 0.3) is 0 Å². The predicted octanol–water partition coefficient (Wildman–Crippen LogP) is 5.91. The molecular formula is C29H28N2O5. The van der Waals surface area contributed by atoms with E-state index in [2.05, 4.69) is 6.92 Å². The number of fused-ring (bicyclic) bond motifs is 1. The molecule has 4 rings (SSSR count). The molecule has 0 aliphatic heterocycles. The summed E-state index contributed by atoms with van der Waals surface area (Å²) in [6, 6.07) is 22.2. The fraction of sp³-hybridized carbons (Fsp3) is 0.241. The Bertz CT molecular complexity index is 1390. The van der Waals surface area contributed by atoms with E-state index >= 15 is 0 Å². The molecule has 0 saturated carbocycles. The average Bonchev–Trinajstić information content (AvgIpc) is 3.26. The molecule has 0 atom stereocenters. The quantitative estimate of drug-likeness (QED) is 0.210. The molecule has 0 aliphatic carbocycles. The maximum Gasteiger partial charge on any atom is 0.340 e. The number of imidazole rings is 1. The number of unbranched alkanes of at least 4 members (excludes halogenated alkanes) is 1. The molecule has 1 N–H and O–H groups in total. The lowest BCUT2D eigenvalue weighted by Crippen LogP contribution is -2.13. The van der Waals surface area contributed by atoms with E-state index < -0.39 is 11.9 Å². The van der Waals surface area contributed by atoms with E-state index in [1.165, 1.54) is 0 Å². The Morgan fingerprint density at radius 2 is 1.69 bits per heavy atom. The topological polar surface area (TPSA) is 98.5 Å². The summed E-state index contributed by atoms with van der Waals surface area (Å²) in [4.78, 5) is 41.1. The number of benzene rings is 3. The van der Waals surface area contributed by atoms with Gasteiger partial charge in [0.05, 0.1) is 23.0 Å². The summed E-state index contributed by atoms with van der Waals surface area (Å²) in [5, 5.41) is 8.86. The number of carbonyl (C=O) groups is 3. The molecule has 0 saturated heterocycles. The van der Waals surface area contributed by atoms with Crippen molar-refractivity contribution in [1.82, 2.24) is 9.55 Å². The van der Waals surface area contributed by atoms with Gasteiger partial charge < -0.3 is 9.84 Å². The zero-order valence-electron chi connectivity index (χ0n) is 20.1. The molecule has 36 heavy (non-hydrogen) atoms. The Morgan fingerprint density at radius 3 is 2.44 bits per heavy atom. The number of aryl methyl sites for hydroxylation is 1. The summed E-state index contributed by atoms with van der Waals surface area (Å²) >= 11 is 0. The van der Waals surface area contributed by atoms with Crippen molar-refractivity contribution in [3.8, 4) is 11.1 Å². The van der Waals surface area contributed by atoms with Gasteiger partial charge in [0, 0.05) is 18.4 Å². The highest BCUT2D eigenvalue weighted by Gasteiger charge is 2.18. The third-order valence-electron chi connectivity index (χ3n) is 6.03. The molecule has 1 heterocycles. The lowest BCUT2D eigenvalue weighted by Gasteiger charge is -2.13. The molecule has 0 amide bonds. The summed E-state index contributed by atoms with van der Waals surface area (Å²) in [5.41, 5.74) is 4.00. The minimum absolute atomic E-state index is 0.0101. The third-order valence-corrected chi connectivity index (χ3v) is 6.03. The lowest BCUT2D eigenvalue weighted by molar-refractivity contribution is -0.136. The van der Waals surface area contributed by atoms with E-state index in [-0.39, 0.29) is 25.4 Å². The summed E-state index contributed by atoms with van der Waals surface area (Å²) < 4.78 is 7.62. The number of hydrogen-bond acceptors (Lipinski definition) is 5. The number of hydrogen-bond donors (Lipinski definition) is 1. The highest BCUT2D eigenvalue weighted by atomic mass is 16.5. The third kappa shape index (κ3) is 5.68. The van der Waals surface area contributed by atoms with Gasteiger partial charge >= 0.3 is 11.9 Å². The number of aliphatic carboxylic acids is 1. The maximum atomic E-state index is 13.1.